The Morgan fingerprint density at radius 1 is 0.262 bits per heavy atom. The van der Waals surface area contributed by atoms with Gasteiger partial charge in [0.15, 0.2) is 0 Å². The predicted molar refractivity (Wildman–Crippen MR) is 250 cm³/mol. The Labute approximate surface area is 355 Å². The molecule has 0 saturated carbocycles. The number of hydrogen-bond acceptors (Lipinski definition) is 1. The van der Waals surface area contributed by atoms with Crippen LogP contribution >= 0.6 is 0 Å². The second kappa shape index (κ2) is 12.9. The molecule has 1 heterocycles. The van der Waals surface area contributed by atoms with E-state index in [0.29, 0.717) is 0 Å². The Balaban J connectivity index is 1.01. The molecule has 284 valence electrons. The van der Waals surface area contributed by atoms with Crippen LogP contribution in [-0.4, -0.2) is 0 Å². The molecule has 0 saturated heterocycles. The van der Waals surface area contributed by atoms with Gasteiger partial charge < -0.3 is 4.74 Å². The third-order valence-electron chi connectivity index (χ3n) is 13.8. The number of benzene rings is 10. The molecule has 0 fully saturated rings. The average molecular weight is 775 g/mol. The van der Waals surface area contributed by atoms with Crippen LogP contribution in [0.3, 0.4) is 0 Å². The van der Waals surface area contributed by atoms with E-state index >= 15 is 0 Å². The maximum Gasteiger partial charge on any atom is 0.132 e. The molecule has 1 spiro atoms. The summed E-state index contributed by atoms with van der Waals surface area (Å²) in [7, 11) is 0. The third kappa shape index (κ3) is 4.61. The maximum absolute atomic E-state index is 6.75. The van der Waals surface area contributed by atoms with Gasteiger partial charge in [0.05, 0.1) is 10.8 Å². The topological polar surface area (TPSA) is 9.23 Å². The van der Waals surface area contributed by atoms with Crippen molar-refractivity contribution < 1.29 is 4.74 Å². The predicted octanol–water partition coefficient (Wildman–Crippen LogP) is 15.0. The summed E-state index contributed by atoms with van der Waals surface area (Å²) in [5, 5.41) is 2.63. The highest BCUT2D eigenvalue weighted by Gasteiger charge is 2.50. The van der Waals surface area contributed by atoms with Gasteiger partial charge in [-0.15, -0.1) is 0 Å². The summed E-state index contributed by atoms with van der Waals surface area (Å²) in [5.41, 5.74) is 19.0. The largest absolute Gasteiger partial charge is 0.457 e. The number of rotatable bonds is 4. The normalized spacial score (nSPS) is 15.9. The van der Waals surface area contributed by atoms with Crippen LogP contribution in [0.2, 0.25) is 0 Å². The molecule has 0 amide bonds. The first-order valence-electron chi connectivity index (χ1n) is 21.2. The second-order valence-electron chi connectivity index (χ2n) is 16.7. The van der Waals surface area contributed by atoms with E-state index < -0.39 is 10.8 Å². The van der Waals surface area contributed by atoms with E-state index in [2.05, 4.69) is 231 Å². The van der Waals surface area contributed by atoms with Crippen molar-refractivity contribution in [2.45, 2.75) is 10.8 Å². The summed E-state index contributed by atoms with van der Waals surface area (Å²) in [4.78, 5) is 0. The lowest BCUT2D eigenvalue weighted by atomic mass is 9.61. The number of para-hydroxylation sites is 1. The standard InChI is InChI=1S/C60H38O/c1-3-20-44(21-4-1)59(45-22-5-2-6-23-45)52-29-11-12-31-56(52)61-57-35-33-43(38-55(57)59)41-19-13-18-40(36-41)42-32-34-48-46-24-7-9-27-50(46)60(54(48)37-42)51-28-10-8-25-47(51)49-26-14-16-39-17-15-30-53(60)58(39)49/h1-38H. The first-order valence-corrected chi connectivity index (χ1v) is 21.2. The summed E-state index contributed by atoms with van der Waals surface area (Å²) in [5.74, 6) is 1.76. The Morgan fingerprint density at radius 2 is 0.738 bits per heavy atom. The first kappa shape index (κ1) is 34.2. The lowest BCUT2D eigenvalue weighted by Crippen LogP contribution is -2.34. The summed E-state index contributed by atoms with van der Waals surface area (Å²) in [6.07, 6.45) is 0. The van der Waals surface area contributed by atoms with Crippen LogP contribution in [0, 0.1) is 0 Å². The van der Waals surface area contributed by atoms with Gasteiger partial charge >= 0.3 is 0 Å². The van der Waals surface area contributed by atoms with Gasteiger partial charge in [-0.05, 0) is 119 Å². The van der Waals surface area contributed by atoms with Gasteiger partial charge in [-0.2, -0.15) is 0 Å². The SMILES string of the molecule is c1ccc(C2(c3ccccc3)c3ccccc3Oc3ccc(-c4cccc(-c5ccc6c(c5)C5(c7ccccc7-6)c6ccccc6-c6cccc7cccc5c67)c4)cc32)cc1. The summed E-state index contributed by atoms with van der Waals surface area (Å²) in [6.45, 7) is 0. The van der Waals surface area contributed by atoms with Crippen LogP contribution in [0.4, 0.5) is 0 Å². The number of hydrogen-bond donors (Lipinski definition) is 0. The van der Waals surface area contributed by atoms with E-state index in [4.69, 9.17) is 4.74 Å². The van der Waals surface area contributed by atoms with Crippen LogP contribution in [0.1, 0.15) is 44.5 Å². The number of ether oxygens (including phenoxy) is 1. The molecule has 3 aliphatic rings. The zero-order valence-electron chi connectivity index (χ0n) is 33.3. The Kier molecular flexibility index (Phi) is 7.21. The average Bonchev–Trinajstić information content (AvgIpc) is 3.63. The molecule has 1 nitrogen and oxygen atoms in total. The Bertz CT molecular complexity index is 3350. The van der Waals surface area contributed by atoms with Crippen LogP contribution in [0.15, 0.2) is 231 Å². The molecule has 0 N–H and O–H groups in total. The van der Waals surface area contributed by atoms with Gasteiger partial charge in [-0.3, -0.25) is 0 Å². The zero-order chi connectivity index (χ0) is 40.1. The van der Waals surface area contributed by atoms with Gasteiger partial charge in [-0.1, -0.05) is 200 Å². The van der Waals surface area contributed by atoms with Crippen molar-refractivity contribution in [3.05, 3.63) is 275 Å². The zero-order valence-corrected chi connectivity index (χ0v) is 33.3. The van der Waals surface area contributed by atoms with Crippen molar-refractivity contribution in [3.8, 4) is 56.0 Å². The second-order valence-corrected chi connectivity index (χ2v) is 16.7. The number of fused-ring (bicyclic) bond motifs is 11. The van der Waals surface area contributed by atoms with Gasteiger partial charge in [0, 0.05) is 11.1 Å². The molecule has 61 heavy (non-hydrogen) atoms. The maximum atomic E-state index is 6.75. The molecule has 1 aliphatic heterocycles. The van der Waals surface area contributed by atoms with Crippen LogP contribution in [0.5, 0.6) is 11.5 Å². The molecule has 1 unspecified atom stereocenters. The van der Waals surface area contributed by atoms with Crippen LogP contribution < -0.4 is 4.74 Å². The monoisotopic (exact) mass is 774 g/mol. The minimum absolute atomic E-state index is 0.461. The molecule has 10 aromatic carbocycles. The van der Waals surface area contributed by atoms with Crippen molar-refractivity contribution in [1.29, 1.82) is 0 Å². The highest BCUT2D eigenvalue weighted by Crippen LogP contribution is 2.62. The Hall–Kier alpha value is -7.74. The van der Waals surface area contributed by atoms with E-state index in [1.54, 1.807) is 0 Å². The third-order valence-corrected chi connectivity index (χ3v) is 13.8. The highest BCUT2D eigenvalue weighted by molar-refractivity contribution is 6.07. The van der Waals surface area contributed by atoms with Crippen molar-refractivity contribution in [2.24, 2.45) is 0 Å². The van der Waals surface area contributed by atoms with Crippen molar-refractivity contribution in [2.75, 3.05) is 0 Å². The summed E-state index contributed by atoms with van der Waals surface area (Å²) >= 11 is 0. The molecule has 0 bridgehead atoms. The molecule has 1 heteroatoms. The Morgan fingerprint density at radius 3 is 1.44 bits per heavy atom. The fourth-order valence-corrected chi connectivity index (χ4v) is 11.4. The van der Waals surface area contributed by atoms with Crippen molar-refractivity contribution in [1.82, 2.24) is 0 Å². The smallest absolute Gasteiger partial charge is 0.132 e. The van der Waals surface area contributed by atoms with Gasteiger partial charge in [0.2, 0.25) is 0 Å². The van der Waals surface area contributed by atoms with Crippen molar-refractivity contribution >= 4 is 10.8 Å². The molecule has 0 aromatic heterocycles. The molecule has 13 rings (SSSR count). The minimum atomic E-state index is -0.582. The fourth-order valence-electron chi connectivity index (χ4n) is 11.4. The van der Waals surface area contributed by atoms with E-state index in [1.807, 2.05) is 0 Å². The molecular weight excluding hydrogens is 737 g/mol. The quantitative estimate of drug-likeness (QED) is 0.173. The van der Waals surface area contributed by atoms with Gasteiger partial charge in [0.1, 0.15) is 11.5 Å². The van der Waals surface area contributed by atoms with E-state index in [9.17, 15) is 0 Å². The van der Waals surface area contributed by atoms with E-state index in [1.165, 1.54) is 77.5 Å². The summed E-state index contributed by atoms with van der Waals surface area (Å²) in [6, 6.07) is 85.2. The highest BCUT2D eigenvalue weighted by atomic mass is 16.5. The van der Waals surface area contributed by atoms with Crippen LogP contribution in [-0.2, 0) is 10.8 Å². The van der Waals surface area contributed by atoms with Crippen LogP contribution in [0.25, 0.3) is 55.3 Å². The minimum Gasteiger partial charge on any atom is -0.457 e. The van der Waals surface area contributed by atoms with Gasteiger partial charge in [0.25, 0.3) is 0 Å². The van der Waals surface area contributed by atoms with Gasteiger partial charge in [-0.25, -0.2) is 0 Å². The lowest BCUT2D eigenvalue weighted by molar-refractivity contribution is 0.434. The fraction of sp³-hybridized carbons (Fsp3) is 0.0333. The first-order chi connectivity index (χ1) is 30.2. The molecule has 0 radical (unpaired) electrons. The van der Waals surface area contributed by atoms with E-state index in [0.717, 1.165) is 33.8 Å². The molecule has 2 aliphatic carbocycles. The van der Waals surface area contributed by atoms with Crippen molar-refractivity contribution in [3.63, 3.8) is 0 Å². The summed E-state index contributed by atoms with van der Waals surface area (Å²) < 4.78 is 6.75. The molecule has 10 aromatic rings. The molecule has 1 atom stereocenters. The molecular formula is C60H38O. The lowest BCUT2D eigenvalue weighted by Gasteiger charge is -2.41. The van der Waals surface area contributed by atoms with E-state index in [-0.39, 0.29) is 0 Å².